The van der Waals surface area contributed by atoms with Crippen LogP contribution in [0.3, 0.4) is 0 Å². The van der Waals surface area contributed by atoms with Gasteiger partial charge in [0.05, 0.1) is 15.4 Å². The van der Waals surface area contributed by atoms with E-state index in [1.165, 1.54) is 12.1 Å². The summed E-state index contributed by atoms with van der Waals surface area (Å²) in [5.74, 6) is -2.07. The van der Waals surface area contributed by atoms with Crippen molar-refractivity contribution in [3.63, 3.8) is 0 Å². The van der Waals surface area contributed by atoms with E-state index in [4.69, 9.17) is 34.8 Å². The SMILES string of the molecule is CSc1ccc(C(Cl)(Cl)Cl)c(C2C(=O)CC(C)(C)CC2=O)c1[N+](=O)[O-]. The fourth-order valence-electron chi connectivity index (χ4n) is 3.19. The minimum atomic E-state index is -2.00. The Balaban J connectivity index is 2.80. The molecule has 0 amide bonds. The number of nitro benzene ring substituents is 1. The van der Waals surface area contributed by atoms with Crippen molar-refractivity contribution < 1.29 is 14.5 Å². The number of benzene rings is 1. The van der Waals surface area contributed by atoms with Crippen LogP contribution in [0.15, 0.2) is 17.0 Å². The largest absolute Gasteiger partial charge is 0.298 e. The van der Waals surface area contributed by atoms with Crippen molar-refractivity contribution in [2.24, 2.45) is 5.41 Å². The van der Waals surface area contributed by atoms with E-state index in [1.54, 1.807) is 6.26 Å². The lowest BCUT2D eigenvalue weighted by Crippen LogP contribution is -2.37. The first-order valence-corrected chi connectivity index (χ1v) is 9.73. The van der Waals surface area contributed by atoms with Gasteiger partial charge in [0, 0.05) is 18.4 Å². The Bertz CT molecular complexity index is 738. The summed E-state index contributed by atoms with van der Waals surface area (Å²) in [6.07, 6.45) is 1.92. The predicted molar refractivity (Wildman–Crippen MR) is 99.9 cm³/mol. The topological polar surface area (TPSA) is 77.3 Å². The Labute approximate surface area is 164 Å². The maximum absolute atomic E-state index is 12.7. The fourth-order valence-corrected chi connectivity index (χ4v) is 4.27. The molecule has 1 saturated carbocycles. The van der Waals surface area contributed by atoms with Crippen molar-refractivity contribution in [3.05, 3.63) is 33.4 Å². The molecule has 0 radical (unpaired) electrons. The number of carbonyl (C=O) groups excluding carboxylic acids is 2. The standard InChI is InChI=1S/C16H16Cl3NO4S/c1-15(2)6-9(21)13(10(22)7-15)12-8(16(17,18)19)4-5-11(25-3)14(12)20(23)24/h4-5,13H,6-7H2,1-3H3. The van der Waals surface area contributed by atoms with Crippen LogP contribution in [-0.2, 0) is 13.4 Å². The monoisotopic (exact) mass is 423 g/mol. The highest BCUT2D eigenvalue weighted by atomic mass is 35.6. The Morgan fingerprint density at radius 2 is 1.72 bits per heavy atom. The molecule has 0 unspecified atom stereocenters. The molecule has 2 rings (SSSR count). The normalized spacial score (nSPS) is 18.5. The van der Waals surface area contributed by atoms with E-state index in [0.29, 0.717) is 4.90 Å². The van der Waals surface area contributed by atoms with Gasteiger partial charge in [-0.25, -0.2) is 0 Å². The second-order valence-corrected chi connectivity index (χ2v) is 9.85. The number of hydrogen-bond donors (Lipinski definition) is 0. The summed E-state index contributed by atoms with van der Waals surface area (Å²) < 4.78 is -2.00. The molecule has 1 aromatic carbocycles. The third-order valence-electron chi connectivity index (χ3n) is 4.13. The second-order valence-electron chi connectivity index (χ2n) is 6.72. The highest BCUT2D eigenvalue weighted by Gasteiger charge is 2.46. The van der Waals surface area contributed by atoms with E-state index in [1.807, 2.05) is 13.8 Å². The molecule has 0 aromatic heterocycles. The third-order valence-corrected chi connectivity index (χ3v) is 5.51. The van der Waals surface area contributed by atoms with Gasteiger partial charge in [-0.2, -0.15) is 0 Å². The molecule has 0 spiro atoms. The maximum atomic E-state index is 12.7. The second kappa shape index (κ2) is 7.06. The zero-order chi connectivity index (χ0) is 19.2. The van der Waals surface area contributed by atoms with Crippen LogP contribution < -0.4 is 0 Å². The van der Waals surface area contributed by atoms with Crippen LogP contribution in [0.1, 0.15) is 43.7 Å². The average molecular weight is 425 g/mol. The van der Waals surface area contributed by atoms with E-state index in [9.17, 15) is 19.7 Å². The summed E-state index contributed by atoms with van der Waals surface area (Å²) in [6, 6.07) is 2.90. The number of carbonyl (C=O) groups is 2. The number of rotatable bonds is 3. The fraction of sp³-hybridized carbons (Fsp3) is 0.500. The first kappa shape index (κ1) is 20.5. The Hall–Kier alpha value is -0.820. The van der Waals surface area contributed by atoms with Crippen molar-refractivity contribution >= 4 is 63.8 Å². The summed E-state index contributed by atoms with van der Waals surface area (Å²) in [6.45, 7) is 3.61. The minimum Gasteiger partial charge on any atom is -0.298 e. The number of hydrogen-bond acceptors (Lipinski definition) is 5. The molecule has 1 aliphatic carbocycles. The van der Waals surface area contributed by atoms with E-state index in [0.717, 1.165) is 11.8 Å². The molecule has 1 aliphatic rings. The molecule has 0 N–H and O–H groups in total. The van der Waals surface area contributed by atoms with E-state index in [2.05, 4.69) is 0 Å². The zero-order valence-corrected chi connectivity index (χ0v) is 16.9. The molecule has 0 atom stereocenters. The third kappa shape index (κ3) is 4.13. The number of halogens is 3. The van der Waals surface area contributed by atoms with E-state index in [-0.39, 0.29) is 29.7 Å². The van der Waals surface area contributed by atoms with Crippen molar-refractivity contribution in [2.75, 3.05) is 6.26 Å². The first-order valence-electron chi connectivity index (χ1n) is 7.37. The summed E-state index contributed by atoms with van der Waals surface area (Å²) in [5.41, 5.74) is -0.935. The van der Waals surface area contributed by atoms with Gasteiger partial charge in [-0.05, 0) is 17.7 Å². The van der Waals surface area contributed by atoms with E-state index >= 15 is 0 Å². The smallest absolute Gasteiger partial charge is 0.287 e. The molecule has 1 fully saturated rings. The molecule has 0 aliphatic heterocycles. The summed E-state index contributed by atoms with van der Waals surface area (Å²) in [5, 5.41) is 11.7. The molecule has 5 nitrogen and oxygen atoms in total. The van der Waals surface area contributed by atoms with Crippen molar-refractivity contribution in [1.29, 1.82) is 0 Å². The lowest BCUT2D eigenvalue weighted by atomic mass is 9.69. The molecule has 136 valence electrons. The van der Waals surface area contributed by atoms with Crippen molar-refractivity contribution in [3.8, 4) is 0 Å². The van der Waals surface area contributed by atoms with Crippen LogP contribution in [-0.4, -0.2) is 22.7 Å². The minimum absolute atomic E-state index is 0.00611. The molecule has 0 heterocycles. The summed E-state index contributed by atoms with van der Waals surface area (Å²) >= 11 is 19.1. The Kier molecular flexibility index (Phi) is 5.79. The lowest BCUT2D eigenvalue weighted by molar-refractivity contribution is -0.388. The van der Waals surface area contributed by atoms with Crippen LogP contribution in [0.5, 0.6) is 0 Å². The number of nitro groups is 1. The molecular weight excluding hydrogens is 409 g/mol. The van der Waals surface area contributed by atoms with Gasteiger partial charge >= 0.3 is 0 Å². The number of thioether (sulfide) groups is 1. The lowest BCUT2D eigenvalue weighted by Gasteiger charge is -2.33. The molecule has 1 aromatic rings. The molecule has 0 bridgehead atoms. The number of Topliss-reactive ketones (excluding diaryl/α,β-unsaturated/α-hetero) is 2. The van der Waals surface area contributed by atoms with Gasteiger partial charge in [0.1, 0.15) is 17.5 Å². The van der Waals surface area contributed by atoms with Crippen LogP contribution in [0.25, 0.3) is 0 Å². The molecule has 9 heteroatoms. The van der Waals surface area contributed by atoms with Gasteiger partial charge in [0.15, 0.2) is 0 Å². The van der Waals surface area contributed by atoms with Crippen molar-refractivity contribution in [2.45, 2.75) is 41.3 Å². The van der Waals surface area contributed by atoms with Crippen LogP contribution in [0.2, 0.25) is 0 Å². The van der Waals surface area contributed by atoms with Crippen LogP contribution in [0, 0.1) is 15.5 Å². The van der Waals surface area contributed by atoms with Gasteiger partial charge < -0.3 is 0 Å². The van der Waals surface area contributed by atoms with Gasteiger partial charge in [-0.15, -0.1) is 11.8 Å². The summed E-state index contributed by atoms with van der Waals surface area (Å²) in [4.78, 5) is 36.8. The van der Waals surface area contributed by atoms with Gasteiger partial charge in [-0.1, -0.05) is 54.7 Å². The number of alkyl halides is 3. The molecule has 25 heavy (non-hydrogen) atoms. The van der Waals surface area contributed by atoms with Crippen molar-refractivity contribution in [1.82, 2.24) is 0 Å². The van der Waals surface area contributed by atoms with Gasteiger partial charge in [-0.3, -0.25) is 19.7 Å². The Morgan fingerprint density at radius 1 is 1.20 bits per heavy atom. The predicted octanol–water partition coefficient (Wildman–Crippen LogP) is 5.19. The Morgan fingerprint density at radius 3 is 2.12 bits per heavy atom. The van der Waals surface area contributed by atoms with Crippen LogP contribution >= 0.6 is 46.6 Å². The van der Waals surface area contributed by atoms with Crippen LogP contribution in [0.4, 0.5) is 5.69 Å². The molecule has 0 saturated heterocycles. The highest BCUT2D eigenvalue weighted by Crippen LogP contribution is 2.50. The highest BCUT2D eigenvalue weighted by molar-refractivity contribution is 7.98. The van der Waals surface area contributed by atoms with Gasteiger partial charge in [0.25, 0.3) is 5.69 Å². The number of ketones is 2. The quantitative estimate of drug-likeness (QED) is 0.219. The zero-order valence-electron chi connectivity index (χ0n) is 13.8. The van der Waals surface area contributed by atoms with Gasteiger partial charge in [0.2, 0.25) is 3.79 Å². The number of nitrogens with zero attached hydrogens (tertiary/aromatic N) is 1. The van der Waals surface area contributed by atoms with E-state index < -0.39 is 31.6 Å². The maximum Gasteiger partial charge on any atom is 0.287 e. The molecular formula is C16H16Cl3NO4S. The average Bonchev–Trinajstić information content (AvgIpc) is 2.42. The first-order chi connectivity index (χ1) is 11.4. The summed E-state index contributed by atoms with van der Waals surface area (Å²) in [7, 11) is 0.